The van der Waals surface area contributed by atoms with Gasteiger partial charge in [0.25, 0.3) is 0 Å². The first-order valence-electron chi connectivity index (χ1n) is 22.2. The maximum atomic E-state index is 3.62. The van der Waals surface area contributed by atoms with Crippen LogP contribution in [0.3, 0.4) is 0 Å². The molecular weight excluding hydrogens is 805 g/mol. The van der Waals surface area contributed by atoms with Crippen LogP contribution in [0.4, 0.5) is 51.2 Å². The summed E-state index contributed by atoms with van der Waals surface area (Å²) in [5.41, 5.74) is 26.8. The van der Waals surface area contributed by atoms with Gasteiger partial charge in [-0.1, -0.05) is 146 Å². The van der Waals surface area contributed by atoms with Gasteiger partial charge in [0.05, 0.1) is 51.2 Å². The van der Waals surface area contributed by atoms with Crippen molar-refractivity contribution in [1.82, 2.24) is 0 Å². The Bertz CT molecular complexity index is 2710. The Morgan fingerprint density at radius 2 is 0.379 bits per heavy atom. The Labute approximate surface area is 387 Å². The molecule has 0 aliphatic carbocycles. The monoisotopic (exact) mass is 852 g/mol. The predicted molar refractivity (Wildman–Crippen MR) is 279 cm³/mol. The summed E-state index contributed by atoms with van der Waals surface area (Å²) in [6.07, 6.45) is 0. The number of hydrogen-bond acceptors (Lipinski definition) is 6. The zero-order valence-corrected chi connectivity index (χ0v) is 36.3. The van der Waals surface area contributed by atoms with Crippen LogP contribution < -0.4 is 31.3 Å². The number of anilines is 9. The van der Waals surface area contributed by atoms with E-state index in [1.807, 2.05) is 72.8 Å². The van der Waals surface area contributed by atoms with E-state index in [0.717, 1.165) is 84.6 Å². The van der Waals surface area contributed by atoms with Gasteiger partial charge in [-0.25, -0.2) is 0 Å². The Morgan fingerprint density at radius 3 is 0.606 bits per heavy atom. The minimum atomic E-state index is 1.00. The van der Waals surface area contributed by atoms with Crippen LogP contribution in [0.15, 0.2) is 273 Å². The summed E-state index contributed by atoms with van der Waals surface area (Å²) in [6.45, 7) is 0. The molecule has 0 atom stereocenters. The van der Waals surface area contributed by atoms with Crippen LogP contribution in [-0.4, -0.2) is 0 Å². The molecule has 6 nitrogen and oxygen atoms in total. The molecule has 0 saturated carbocycles. The molecule has 0 aromatic heterocycles. The maximum absolute atomic E-state index is 3.62. The molecule has 0 fully saturated rings. The molecule has 0 aliphatic heterocycles. The summed E-state index contributed by atoms with van der Waals surface area (Å²) >= 11 is 0. The quantitative estimate of drug-likeness (QED) is 0.0893. The summed E-state index contributed by atoms with van der Waals surface area (Å²) in [4.78, 5) is 0. The zero-order valence-electron chi connectivity index (χ0n) is 36.3. The summed E-state index contributed by atoms with van der Waals surface area (Å²) in [7, 11) is 0. The predicted octanol–water partition coefficient (Wildman–Crippen LogP) is 16.2. The van der Waals surface area contributed by atoms with Gasteiger partial charge >= 0.3 is 0 Å². The van der Waals surface area contributed by atoms with Gasteiger partial charge in [-0.3, -0.25) is 31.3 Å². The molecular formula is C60H48N6. The number of nitrogens with zero attached hydrogens (tertiary/aromatic N) is 3. The van der Waals surface area contributed by atoms with Crippen LogP contribution in [0.5, 0.6) is 0 Å². The second kappa shape index (κ2) is 19.6. The fraction of sp³-hybridized carbons (Fsp3) is 0. The van der Waals surface area contributed by atoms with Crippen molar-refractivity contribution in [2.24, 2.45) is 0 Å². The van der Waals surface area contributed by atoms with Gasteiger partial charge in [0, 0.05) is 0 Å². The first-order valence-corrected chi connectivity index (χ1v) is 22.2. The van der Waals surface area contributed by atoms with Crippen molar-refractivity contribution in [3.8, 4) is 33.4 Å². The topological polar surface area (TPSA) is 45.8 Å². The summed E-state index contributed by atoms with van der Waals surface area (Å²) < 4.78 is 0. The Hall–Kier alpha value is -9.00. The molecule has 10 aromatic carbocycles. The average molecular weight is 853 g/mol. The molecule has 10 rings (SSSR count). The molecule has 66 heavy (non-hydrogen) atoms. The van der Waals surface area contributed by atoms with Gasteiger partial charge in [-0.15, -0.1) is 0 Å². The fourth-order valence-corrected chi connectivity index (χ4v) is 8.03. The smallest absolute Gasteiger partial charge is 0.0630 e. The van der Waals surface area contributed by atoms with E-state index in [2.05, 4.69) is 231 Å². The van der Waals surface area contributed by atoms with Gasteiger partial charge < -0.3 is 0 Å². The lowest BCUT2D eigenvalue weighted by molar-refractivity contribution is 1.16. The van der Waals surface area contributed by atoms with E-state index >= 15 is 0 Å². The molecule has 318 valence electrons. The second-order valence-electron chi connectivity index (χ2n) is 15.9. The lowest BCUT2D eigenvalue weighted by Gasteiger charge is -2.27. The molecule has 0 heterocycles. The Balaban J connectivity index is 1.02. The van der Waals surface area contributed by atoms with Crippen molar-refractivity contribution in [2.75, 3.05) is 31.3 Å². The lowest BCUT2D eigenvalue weighted by atomic mass is 9.93. The van der Waals surface area contributed by atoms with Crippen molar-refractivity contribution in [3.05, 3.63) is 273 Å². The number of rotatable bonds is 15. The number of hydrogen-bond donors (Lipinski definition) is 3. The second-order valence-corrected chi connectivity index (χ2v) is 15.9. The van der Waals surface area contributed by atoms with E-state index in [0.29, 0.717) is 0 Å². The molecule has 10 aromatic rings. The number of nitrogens with one attached hydrogen (secondary N) is 3. The van der Waals surface area contributed by atoms with E-state index in [1.54, 1.807) is 0 Å². The number of benzene rings is 10. The van der Waals surface area contributed by atoms with E-state index in [-0.39, 0.29) is 0 Å². The third kappa shape index (κ3) is 9.64. The molecule has 0 spiro atoms. The normalized spacial score (nSPS) is 10.7. The van der Waals surface area contributed by atoms with Crippen molar-refractivity contribution < 1.29 is 0 Å². The van der Waals surface area contributed by atoms with Crippen LogP contribution in [0.25, 0.3) is 33.4 Å². The fourth-order valence-electron chi connectivity index (χ4n) is 8.03. The Morgan fingerprint density at radius 1 is 0.182 bits per heavy atom. The molecule has 0 bridgehead atoms. The first kappa shape index (κ1) is 41.0. The molecule has 3 N–H and O–H groups in total. The summed E-state index contributed by atoms with van der Waals surface area (Å²) in [5, 5.41) is 6.38. The van der Waals surface area contributed by atoms with Crippen molar-refractivity contribution in [2.45, 2.75) is 0 Å². The summed E-state index contributed by atoms with van der Waals surface area (Å²) in [6, 6.07) is 95.3. The highest BCUT2D eigenvalue weighted by Gasteiger charge is 2.15. The first-order chi connectivity index (χ1) is 32.7. The van der Waals surface area contributed by atoms with E-state index in [9.17, 15) is 0 Å². The zero-order chi connectivity index (χ0) is 44.3. The molecule has 0 amide bonds. The minimum Gasteiger partial charge on any atom is -0.294 e. The van der Waals surface area contributed by atoms with Crippen molar-refractivity contribution in [1.29, 1.82) is 0 Å². The van der Waals surface area contributed by atoms with E-state index in [1.165, 1.54) is 0 Å². The van der Waals surface area contributed by atoms with E-state index < -0.39 is 0 Å². The van der Waals surface area contributed by atoms with Gasteiger partial charge in [0.2, 0.25) is 0 Å². The standard InChI is InChI=1S/C60H48N6/c1-7-19-52(20-8-1)61-64(55-25-13-4-14-26-55)58-37-31-46(32-38-58)49-43-50(47-33-39-59(40-34-47)65(56-27-15-5-16-28-56)62-53-21-9-2-10-22-53)45-51(44-49)48-35-41-60(42-36-48)66(57-29-17-6-18-30-57)63-54-23-11-3-12-24-54/h1-45,61-63H. The number of para-hydroxylation sites is 6. The summed E-state index contributed by atoms with van der Waals surface area (Å²) in [5.74, 6) is 0. The van der Waals surface area contributed by atoms with Gasteiger partial charge in [0.1, 0.15) is 0 Å². The molecule has 0 radical (unpaired) electrons. The number of hydrazine groups is 3. The molecule has 0 aliphatic rings. The molecule has 6 heteroatoms. The third-order valence-electron chi connectivity index (χ3n) is 11.4. The highest BCUT2D eigenvalue weighted by Crippen LogP contribution is 2.37. The van der Waals surface area contributed by atoms with Crippen LogP contribution in [-0.2, 0) is 0 Å². The lowest BCUT2D eigenvalue weighted by Crippen LogP contribution is -2.24. The van der Waals surface area contributed by atoms with Crippen LogP contribution in [0, 0.1) is 0 Å². The van der Waals surface area contributed by atoms with Gasteiger partial charge in [0.15, 0.2) is 0 Å². The maximum Gasteiger partial charge on any atom is 0.0630 e. The van der Waals surface area contributed by atoms with E-state index in [4.69, 9.17) is 0 Å². The highest BCUT2D eigenvalue weighted by atomic mass is 15.5. The average Bonchev–Trinajstić information content (AvgIpc) is 3.40. The molecule has 0 unspecified atom stereocenters. The van der Waals surface area contributed by atoms with Crippen molar-refractivity contribution >= 4 is 51.2 Å². The van der Waals surface area contributed by atoms with Gasteiger partial charge in [-0.2, -0.15) is 0 Å². The highest BCUT2D eigenvalue weighted by molar-refractivity contribution is 5.84. The minimum absolute atomic E-state index is 1.00. The SMILES string of the molecule is c1ccc(NN(c2ccccc2)c2ccc(-c3cc(-c4ccc(N(Nc5ccccc5)c5ccccc5)cc4)cc(-c4ccc(N(Nc5ccccc5)c5ccccc5)cc4)c3)cc2)cc1. The Kier molecular flexibility index (Phi) is 12.2. The molecule has 0 saturated heterocycles. The van der Waals surface area contributed by atoms with Crippen LogP contribution in [0.2, 0.25) is 0 Å². The van der Waals surface area contributed by atoms with Gasteiger partial charge in [-0.05, 0) is 161 Å². The van der Waals surface area contributed by atoms with Crippen LogP contribution in [0.1, 0.15) is 0 Å². The van der Waals surface area contributed by atoms with Crippen molar-refractivity contribution in [3.63, 3.8) is 0 Å². The third-order valence-corrected chi connectivity index (χ3v) is 11.4. The van der Waals surface area contributed by atoms with Crippen LogP contribution >= 0.6 is 0 Å². The largest absolute Gasteiger partial charge is 0.294 e.